The molecule has 0 saturated carbocycles. The number of amides is 1. The summed E-state index contributed by atoms with van der Waals surface area (Å²) in [6.07, 6.45) is 0. The molecule has 1 N–H and O–H groups in total. The van der Waals surface area contributed by atoms with E-state index in [1.54, 1.807) is 0 Å². The summed E-state index contributed by atoms with van der Waals surface area (Å²) in [5.41, 5.74) is 0.438. The first-order valence-electron chi connectivity index (χ1n) is 5.57. The SMILES string of the molecule is CNC(=O)CN(C)S(=O)(=O)c1ccc(C(C)=O)cc1. The van der Waals surface area contributed by atoms with Crippen molar-refractivity contribution in [3.63, 3.8) is 0 Å². The number of likely N-dealkylation sites (N-methyl/N-ethyl adjacent to an activating group) is 2. The van der Waals surface area contributed by atoms with Gasteiger partial charge in [-0.15, -0.1) is 0 Å². The molecule has 1 aromatic rings. The summed E-state index contributed by atoms with van der Waals surface area (Å²) in [5, 5.41) is 2.35. The second kappa shape index (κ2) is 5.94. The molecule has 1 aromatic carbocycles. The predicted molar refractivity (Wildman–Crippen MR) is 70.3 cm³/mol. The van der Waals surface area contributed by atoms with E-state index in [0.29, 0.717) is 5.56 Å². The Morgan fingerprint density at radius 1 is 1.21 bits per heavy atom. The van der Waals surface area contributed by atoms with E-state index in [-0.39, 0.29) is 17.2 Å². The molecule has 0 radical (unpaired) electrons. The van der Waals surface area contributed by atoms with Gasteiger partial charge in [-0.3, -0.25) is 9.59 Å². The molecular formula is C12H16N2O4S. The van der Waals surface area contributed by atoms with Crippen LogP contribution in [0.25, 0.3) is 0 Å². The summed E-state index contributed by atoms with van der Waals surface area (Å²) in [5.74, 6) is -0.533. The van der Waals surface area contributed by atoms with Crippen LogP contribution < -0.4 is 5.32 Å². The van der Waals surface area contributed by atoms with E-state index >= 15 is 0 Å². The molecule has 19 heavy (non-hydrogen) atoms. The topological polar surface area (TPSA) is 83.6 Å². The highest BCUT2D eigenvalue weighted by molar-refractivity contribution is 7.89. The Morgan fingerprint density at radius 3 is 2.16 bits per heavy atom. The van der Waals surface area contributed by atoms with Gasteiger partial charge in [-0.25, -0.2) is 8.42 Å². The number of hydrogen-bond donors (Lipinski definition) is 1. The number of nitrogens with one attached hydrogen (secondary N) is 1. The van der Waals surface area contributed by atoms with Crippen LogP contribution in [-0.2, 0) is 14.8 Å². The smallest absolute Gasteiger partial charge is 0.243 e. The first-order valence-corrected chi connectivity index (χ1v) is 7.01. The number of sulfonamides is 1. The molecule has 6 nitrogen and oxygen atoms in total. The van der Waals surface area contributed by atoms with Gasteiger partial charge >= 0.3 is 0 Å². The average molecular weight is 284 g/mol. The summed E-state index contributed by atoms with van der Waals surface area (Å²) in [6.45, 7) is 1.15. The normalized spacial score (nSPS) is 11.4. The minimum absolute atomic E-state index is 0.0453. The Balaban J connectivity index is 3.00. The lowest BCUT2D eigenvalue weighted by molar-refractivity contribution is -0.120. The molecule has 0 spiro atoms. The Morgan fingerprint density at radius 2 is 1.74 bits per heavy atom. The van der Waals surface area contributed by atoms with Crippen molar-refractivity contribution in [1.29, 1.82) is 0 Å². The summed E-state index contributed by atoms with van der Waals surface area (Å²) in [7, 11) is -0.968. The number of ketones is 1. The van der Waals surface area contributed by atoms with Gasteiger partial charge in [0.2, 0.25) is 15.9 Å². The lowest BCUT2D eigenvalue weighted by atomic mass is 10.2. The van der Waals surface area contributed by atoms with Crippen LogP contribution in [0, 0.1) is 0 Å². The van der Waals surface area contributed by atoms with E-state index in [0.717, 1.165) is 4.31 Å². The van der Waals surface area contributed by atoms with Crippen molar-refractivity contribution in [3.05, 3.63) is 29.8 Å². The Kier molecular flexibility index (Phi) is 4.79. The molecule has 104 valence electrons. The van der Waals surface area contributed by atoms with Crippen LogP contribution in [0.5, 0.6) is 0 Å². The van der Waals surface area contributed by atoms with E-state index in [2.05, 4.69) is 5.32 Å². The number of carbonyl (C=O) groups excluding carboxylic acids is 2. The van der Waals surface area contributed by atoms with Gasteiger partial charge in [0.25, 0.3) is 0 Å². The molecule has 0 atom stereocenters. The average Bonchev–Trinajstić information content (AvgIpc) is 2.38. The van der Waals surface area contributed by atoms with Gasteiger partial charge in [0.15, 0.2) is 5.78 Å². The van der Waals surface area contributed by atoms with Gasteiger partial charge in [0, 0.05) is 19.7 Å². The molecule has 0 aliphatic heterocycles. The van der Waals surface area contributed by atoms with Crippen LogP contribution >= 0.6 is 0 Å². The largest absolute Gasteiger partial charge is 0.358 e. The van der Waals surface area contributed by atoms with E-state index in [1.165, 1.54) is 45.3 Å². The van der Waals surface area contributed by atoms with Crippen LogP contribution in [0.3, 0.4) is 0 Å². The monoisotopic (exact) mass is 284 g/mol. The van der Waals surface area contributed by atoms with Gasteiger partial charge in [-0.1, -0.05) is 12.1 Å². The zero-order chi connectivity index (χ0) is 14.6. The summed E-state index contributed by atoms with van der Waals surface area (Å²) in [6, 6.07) is 5.60. The van der Waals surface area contributed by atoms with Crippen molar-refractivity contribution in [2.75, 3.05) is 20.6 Å². The molecule has 7 heteroatoms. The second-order valence-corrected chi connectivity index (χ2v) is 6.06. The third-order valence-corrected chi connectivity index (χ3v) is 4.43. The minimum atomic E-state index is -3.73. The molecule has 0 bridgehead atoms. The zero-order valence-electron chi connectivity index (χ0n) is 11.0. The van der Waals surface area contributed by atoms with E-state index in [9.17, 15) is 18.0 Å². The third kappa shape index (κ3) is 3.62. The Labute approximate surface area is 112 Å². The van der Waals surface area contributed by atoms with Crippen LogP contribution in [0.15, 0.2) is 29.2 Å². The standard InChI is InChI=1S/C12H16N2O4S/c1-9(15)10-4-6-11(7-5-10)19(17,18)14(3)8-12(16)13-2/h4-7H,8H2,1-3H3,(H,13,16). The molecule has 0 aliphatic carbocycles. The molecule has 1 rings (SSSR count). The first kappa shape index (κ1) is 15.3. The number of benzene rings is 1. The van der Waals surface area contributed by atoms with Gasteiger partial charge < -0.3 is 5.32 Å². The van der Waals surface area contributed by atoms with Crippen molar-refractivity contribution in [3.8, 4) is 0 Å². The lowest BCUT2D eigenvalue weighted by Gasteiger charge is -2.16. The Bertz CT molecular complexity index is 578. The van der Waals surface area contributed by atoms with E-state index in [1.807, 2.05) is 0 Å². The third-order valence-electron chi connectivity index (χ3n) is 2.61. The van der Waals surface area contributed by atoms with Crippen LogP contribution in [0.1, 0.15) is 17.3 Å². The van der Waals surface area contributed by atoms with Gasteiger partial charge in [-0.2, -0.15) is 4.31 Å². The number of hydrogen-bond acceptors (Lipinski definition) is 4. The maximum Gasteiger partial charge on any atom is 0.243 e. The molecule has 1 amide bonds. The number of rotatable bonds is 5. The summed E-state index contributed by atoms with van der Waals surface area (Å²) in [4.78, 5) is 22.3. The van der Waals surface area contributed by atoms with Crippen molar-refractivity contribution < 1.29 is 18.0 Å². The quantitative estimate of drug-likeness (QED) is 0.786. The summed E-state index contributed by atoms with van der Waals surface area (Å²) >= 11 is 0. The summed E-state index contributed by atoms with van der Waals surface area (Å²) < 4.78 is 25.2. The van der Waals surface area contributed by atoms with Gasteiger partial charge in [-0.05, 0) is 19.1 Å². The van der Waals surface area contributed by atoms with E-state index < -0.39 is 15.9 Å². The van der Waals surface area contributed by atoms with Crippen molar-refractivity contribution in [2.45, 2.75) is 11.8 Å². The van der Waals surface area contributed by atoms with Crippen molar-refractivity contribution in [1.82, 2.24) is 9.62 Å². The lowest BCUT2D eigenvalue weighted by Crippen LogP contribution is -2.36. The maximum atomic E-state index is 12.1. The predicted octanol–water partition coefficient (Wildman–Crippen LogP) is 0.256. The zero-order valence-corrected chi connectivity index (χ0v) is 11.8. The molecule has 0 aliphatic rings. The maximum absolute atomic E-state index is 12.1. The highest BCUT2D eigenvalue weighted by Gasteiger charge is 2.22. The fourth-order valence-electron chi connectivity index (χ4n) is 1.41. The fraction of sp³-hybridized carbons (Fsp3) is 0.333. The number of carbonyl (C=O) groups is 2. The number of Topliss-reactive ketones (excluding diaryl/α,β-unsaturated/α-hetero) is 1. The second-order valence-electron chi connectivity index (χ2n) is 4.01. The highest BCUT2D eigenvalue weighted by atomic mass is 32.2. The van der Waals surface area contributed by atoms with Crippen molar-refractivity contribution >= 4 is 21.7 Å². The van der Waals surface area contributed by atoms with Gasteiger partial charge in [0.05, 0.1) is 11.4 Å². The highest BCUT2D eigenvalue weighted by Crippen LogP contribution is 2.15. The Hall–Kier alpha value is -1.73. The van der Waals surface area contributed by atoms with E-state index in [4.69, 9.17) is 0 Å². The van der Waals surface area contributed by atoms with Crippen LogP contribution in [-0.4, -0.2) is 45.1 Å². The van der Waals surface area contributed by atoms with Crippen LogP contribution in [0.4, 0.5) is 0 Å². The molecular weight excluding hydrogens is 268 g/mol. The van der Waals surface area contributed by atoms with Crippen molar-refractivity contribution in [2.24, 2.45) is 0 Å². The number of nitrogens with zero attached hydrogens (tertiary/aromatic N) is 1. The molecule has 0 aromatic heterocycles. The minimum Gasteiger partial charge on any atom is -0.358 e. The molecule has 0 heterocycles. The molecule has 0 fully saturated rings. The molecule has 0 unspecified atom stereocenters. The molecule has 0 saturated heterocycles. The fourth-order valence-corrected chi connectivity index (χ4v) is 2.53. The first-order chi connectivity index (χ1) is 8.78. The van der Waals surface area contributed by atoms with Crippen LogP contribution in [0.2, 0.25) is 0 Å². The van der Waals surface area contributed by atoms with Gasteiger partial charge in [0.1, 0.15) is 0 Å².